The molecule has 0 aliphatic rings. The molecule has 0 bridgehead atoms. The van der Waals surface area contributed by atoms with Crippen LogP contribution in [0, 0.1) is 0 Å². The Morgan fingerprint density at radius 1 is 1.00 bits per heavy atom. The molecule has 10 heteroatoms. The summed E-state index contributed by atoms with van der Waals surface area (Å²) in [6.45, 7) is 0. The van der Waals surface area contributed by atoms with E-state index in [9.17, 15) is 13.2 Å². The first-order chi connectivity index (χ1) is 14.5. The van der Waals surface area contributed by atoms with Crippen molar-refractivity contribution < 1.29 is 17.9 Å². The van der Waals surface area contributed by atoms with Crippen LogP contribution in [0.3, 0.4) is 0 Å². The first-order valence-electron chi connectivity index (χ1n) is 8.76. The molecule has 4 rings (SSSR count). The van der Waals surface area contributed by atoms with Gasteiger partial charge in [-0.1, -0.05) is 18.2 Å². The Morgan fingerprint density at radius 2 is 1.80 bits per heavy atom. The van der Waals surface area contributed by atoms with Crippen LogP contribution >= 0.6 is 11.7 Å². The van der Waals surface area contributed by atoms with Gasteiger partial charge in [-0.15, -0.1) is 0 Å². The zero-order valence-corrected chi connectivity index (χ0v) is 17.3. The molecular formula is C20H16N4O4S2. The Balaban J connectivity index is 1.56. The van der Waals surface area contributed by atoms with Gasteiger partial charge >= 0.3 is 0 Å². The van der Waals surface area contributed by atoms with E-state index in [4.69, 9.17) is 4.74 Å². The number of aromatic nitrogens is 2. The molecule has 0 radical (unpaired) electrons. The zero-order chi connectivity index (χ0) is 21.1. The SMILES string of the molecule is COc1cccc(S(=O)(=O)Nc2cccc(C(=O)Nc3cccc4nsnc34)c2)c1. The lowest BCUT2D eigenvalue weighted by Gasteiger charge is -2.11. The first-order valence-corrected chi connectivity index (χ1v) is 11.0. The fraction of sp³-hybridized carbons (Fsp3) is 0.0500. The molecule has 0 aliphatic carbocycles. The van der Waals surface area contributed by atoms with Gasteiger partial charge in [0, 0.05) is 17.3 Å². The van der Waals surface area contributed by atoms with Crippen molar-refractivity contribution in [2.45, 2.75) is 4.90 Å². The quantitative estimate of drug-likeness (QED) is 0.472. The lowest BCUT2D eigenvalue weighted by Crippen LogP contribution is -2.15. The fourth-order valence-corrected chi connectivity index (χ4v) is 4.44. The van der Waals surface area contributed by atoms with E-state index >= 15 is 0 Å². The molecule has 1 amide bonds. The van der Waals surface area contributed by atoms with Gasteiger partial charge in [-0.05, 0) is 42.5 Å². The number of benzene rings is 3. The maximum absolute atomic E-state index is 12.7. The Labute approximate surface area is 176 Å². The first kappa shape index (κ1) is 19.8. The number of anilines is 2. The third-order valence-electron chi connectivity index (χ3n) is 4.26. The predicted molar refractivity (Wildman–Crippen MR) is 116 cm³/mol. The van der Waals surface area contributed by atoms with Crippen molar-refractivity contribution >= 4 is 50.1 Å². The van der Waals surface area contributed by atoms with E-state index in [1.807, 2.05) is 6.07 Å². The summed E-state index contributed by atoms with van der Waals surface area (Å²) in [5, 5.41) is 2.80. The summed E-state index contributed by atoms with van der Waals surface area (Å²) >= 11 is 1.06. The van der Waals surface area contributed by atoms with Crippen LogP contribution < -0.4 is 14.8 Å². The van der Waals surface area contributed by atoms with E-state index in [2.05, 4.69) is 18.8 Å². The molecule has 1 aromatic heterocycles. The average molecular weight is 441 g/mol. The van der Waals surface area contributed by atoms with Gasteiger partial charge in [0.15, 0.2) is 0 Å². The van der Waals surface area contributed by atoms with Gasteiger partial charge in [0.25, 0.3) is 15.9 Å². The topological polar surface area (TPSA) is 110 Å². The maximum atomic E-state index is 12.7. The van der Waals surface area contributed by atoms with Crippen molar-refractivity contribution in [3.63, 3.8) is 0 Å². The minimum atomic E-state index is -3.85. The van der Waals surface area contributed by atoms with Crippen molar-refractivity contribution in [2.24, 2.45) is 0 Å². The summed E-state index contributed by atoms with van der Waals surface area (Å²) < 4.78 is 41.3. The van der Waals surface area contributed by atoms with Crippen LogP contribution in [0.2, 0.25) is 0 Å². The summed E-state index contributed by atoms with van der Waals surface area (Å²) in [7, 11) is -2.39. The molecule has 8 nitrogen and oxygen atoms in total. The molecule has 4 aromatic rings. The number of rotatable bonds is 6. The minimum Gasteiger partial charge on any atom is -0.497 e. The molecule has 30 heavy (non-hydrogen) atoms. The number of methoxy groups -OCH3 is 1. The van der Waals surface area contributed by atoms with Gasteiger partial charge in [-0.25, -0.2) is 8.42 Å². The summed E-state index contributed by atoms with van der Waals surface area (Å²) in [6.07, 6.45) is 0. The Kier molecular flexibility index (Phi) is 5.34. The molecule has 0 unspecified atom stereocenters. The fourth-order valence-electron chi connectivity index (χ4n) is 2.81. The van der Waals surface area contributed by atoms with Crippen LogP contribution in [-0.4, -0.2) is 30.2 Å². The van der Waals surface area contributed by atoms with Gasteiger partial charge in [-0.3, -0.25) is 9.52 Å². The maximum Gasteiger partial charge on any atom is 0.262 e. The van der Waals surface area contributed by atoms with E-state index < -0.39 is 15.9 Å². The number of fused-ring (bicyclic) bond motifs is 1. The van der Waals surface area contributed by atoms with Crippen molar-refractivity contribution in [3.05, 3.63) is 72.3 Å². The average Bonchev–Trinajstić information content (AvgIpc) is 3.23. The molecule has 1 heterocycles. The third-order valence-corrected chi connectivity index (χ3v) is 6.18. The second-order valence-electron chi connectivity index (χ2n) is 6.26. The number of sulfonamides is 1. The number of nitrogens with zero attached hydrogens (tertiary/aromatic N) is 2. The van der Waals surface area contributed by atoms with E-state index in [0.29, 0.717) is 28.0 Å². The van der Waals surface area contributed by atoms with Crippen molar-refractivity contribution in [2.75, 3.05) is 17.1 Å². The normalized spacial score (nSPS) is 11.2. The number of amides is 1. The van der Waals surface area contributed by atoms with Gasteiger partial charge < -0.3 is 10.1 Å². The number of nitrogens with one attached hydrogen (secondary N) is 2. The molecule has 152 valence electrons. The number of carbonyl (C=O) groups is 1. The van der Waals surface area contributed by atoms with Crippen molar-refractivity contribution in [1.82, 2.24) is 8.75 Å². The smallest absolute Gasteiger partial charge is 0.262 e. The monoisotopic (exact) mass is 440 g/mol. The molecule has 0 saturated heterocycles. The van der Waals surface area contributed by atoms with Gasteiger partial charge in [0.05, 0.1) is 29.4 Å². The number of carbonyl (C=O) groups excluding carboxylic acids is 1. The summed E-state index contributed by atoms with van der Waals surface area (Å²) in [6, 6.07) is 17.7. The highest BCUT2D eigenvalue weighted by Gasteiger charge is 2.16. The van der Waals surface area contributed by atoms with Crippen LogP contribution in [0.15, 0.2) is 71.6 Å². The molecular weight excluding hydrogens is 424 g/mol. The largest absolute Gasteiger partial charge is 0.497 e. The second kappa shape index (κ2) is 8.09. The van der Waals surface area contributed by atoms with Crippen LogP contribution in [0.1, 0.15) is 10.4 Å². The van der Waals surface area contributed by atoms with Crippen molar-refractivity contribution in [3.8, 4) is 5.75 Å². The highest BCUT2D eigenvalue weighted by Crippen LogP contribution is 2.23. The van der Waals surface area contributed by atoms with Gasteiger partial charge in [0.1, 0.15) is 16.8 Å². The summed E-state index contributed by atoms with van der Waals surface area (Å²) in [5.41, 5.74) is 2.39. The van der Waals surface area contributed by atoms with E-state index in [1.165, 1.54) is 25.3 Å². The predicted octanol–water partition coefficient (Wildman–Crippen LogP) is 3.75. The van der Waals surface area contributed by atoms with E-state index in [-0.39, 0.29) is 10.6 Å². The van der Waals surface area contributed by atoms with Crippen LogP contribution in [0.25, 0.3) is 11.0 Å². The Bertz CT molecular complexity index is 1340. The zero-order valence-electron chi connectivity index (χ0n) is 15.7. The van der Waals surface area contributed by atoms with E-state index in [0.717, 1.165) is 11.7 Å². The van der Waals surface area contributed by atoms with Crippen LogP contribution in [0.5, 0.6) is 5.75 Å². The number of hydrogen-bond acceptors (Lipinski definition) is 7. The highest BCUT2D eigenvalue weighted by atomic mass is 32.2. The Hall–Kier alpha value is -3.50. The molecule has 2 N–H and O–H groups in total. The van der Waals surface area contributed by atoms with Crippen LogP contribution in [-0.2, 0) is 10.0 Å². The molecule has 0 aliphatic heterocycles. The summed E-state index contributed by atoms with van der Waals surface area (Å²) in [4.78, 5) is 12.8. The molecule has 3 aromatic carbocycles. The standard InChI is InChI=1S/C20H16N4O4S2/c1-28-15-7-3-8-16(12-15)30(26,27)24-14-6-2-5-13(11-14)20(25)21-17-9-4-10-18-19(17)23-29-22-18/h2-12,24H,1H3,(H,21,25). The van der Waals surface area contributed by atoms with Crippen LogP contribution in [0.4, 0.5) is 11.4 Å². The van der Waals surface area contributed by atoms with Gasteiger partial charge in [-0.2, -0.15) is 8.75 Å². The number of hydrogen-bond donors (Lipinski definition) is 2. The van der Waals surface area contributed by atoms with Gasteiger partial charge in [0.2, 0.25) is 0 Å². The molecule has 0 fully saturated rings. The molecule has 0 saturated carbocycles. The summed E-state index contributed by atoms with van der Waals surface area (Å²) in [5.74, 6) is 0.0367. The Morgan fingerprint density at radius 3 is 2.63 bits per heavy atom. The van der Waals surface area contributed by atoms with Crippen molar-refractivity contribution in [1.29, 1.82) is 0 Å². The molecule has 0 spiro atoms. The highest BCUT2D eigenvalue weighted by molar-refractivity contribution is 7.92. The number of ether oxygens (including phenoxy) is 1. The molecule has 0 atom stereocenters. The third kappa shape index (κ3) is 4.09. The lowest BCUT2D eigenvalue weighted by molar-refractivity contribution is 0.102. The lowest BCUT2D eigenvalue weighted by atomic mass is 10.2. The van der Waals surface area contributed by atoms with E-state index in [1.54, 1.807) is 42.5 Å². The minimum absolute atomic E-state index is 0.0550. The second-order valence-corrected chi connectivity index (χ2v) is 8.47.